The SMILES string of the molecule is CCC(CC)(NC(=O)[C@H]1CNC[C@@H]1c1cnn(C)c1)C(=O)OC. The van der Waals surface area contributed by atoms with Crippen molar-refractivity contribution in [3.8, 4) is 0 Å². The van der Waals surface area contributed by atoms with E-state index in [9.17, 15) is 9.59 Å². The normalized spacial score (nSPS) is 21.2. The van der Waals surface area contributed by atoms with Gasteiger partial charge in [-0.05, 0) is 18.4 Å². The van der Waals surface area contributed by atoms with E-state index < -0.39 is 5.54 Å². The largest absolute Gasteiger partial charge is 0.467 e. The molecule has 2 atom stereocenters. The smallest absolute Gasteiger partial charge is 0.331 e. The molecule has 2 heterocycles. The Balaban J connectivity index is 2.16. The van der Waals surface area contributed by atoms with Crippen LogP contribution in [0.3, 0.4) is 0 Å². The van der Waals surface area contributed by atoms with Crippen LogP contribution in [0.1, 0.15) is 38.2 Å². The number of aromatic nitrogens is 2. The van der Waals surface area contributed by atoms with Crippen LogP contribution in [0.4, 0.5) is 0 Å². The first-order chi connectivity index (χ1) is 11.0. The fraction of sp³-hybridized carbons (Fsp3) is 0.688. The molecule has 0 spiro atoms. The van der Waals surface area contributed by atoms with Gasteiger partial charge in [0.25, 0.3) is 0 Å². The third-order valence-corrected chi connectivity index (χ3v) is 4.85. The van der Waals surface area contributed by atoms with Crippen molar-refractivity contribution in [3.05, 3.63) is 18.0 Å². The molecule has 1 aromatic rings. The highest BCUT2D eigenvalue weighted by Gasteiger charge is 2.42. The number of hydrogen-bond donors (Lipinski definition) is 2. The summed E-state index contributed by atoms with van der Waals surface area (Å²) in [5, 5.41) is 10.4. The van der Waals surface area contributed by atoms with E-state index in [1.807, 2.05) is 27.1 Å². The van der Waals surface area contributed by atoms with Gasteiger partial charge in [0.1, 0.15) is 5.54 Å². The second kappa shape index (κ2) is 7.12. The maximum absolute atomic E-state index is 12.8. The molecule has 0 aromatic carbocycles. The van der Waals surface area contributed by atoms with Gasteiger partial charge in [-0.1, -0.05) is 13.8 Å². The maximum Gasteiger partial charge on any atom is 0.331 e. The zero-order chi connectivity index (χ0) is 17.0. The van der Waals surface area contributed by atoms with Crippen molar-refractivity contribution in [3.63, 3.8) is 0 Å². The van der Waals surface area contributed by atoms with Gasteiger partial charge in [0.05, 0.1) is 19.2 Å². The fourth-order valence-corrected chi connectivity index (χ4v) is 3.23. The Kier molecular flexibility index (Phi) is 5.41. The van der Waals surface area contributed by atoms with Gasteiger partial charge >= 0.3 is 5.97 Å². The minimum absolute atomic E-state index is 0.0627. The van der Waals surface area contributed by atoms with Crippen molar-refractivity contribution in [1.82, 2.24) is 20.4 Å². The predicted molar refractivity (Wildman–Crippen MR) is 85.8 cm³/mol. The molecule has 1 saturated heterocycles. The molecule has 23 heavy (non-hydrogen) atoms. The first-order valence-corrected chi connectivity index (χ1v) is 8.07. The van der Waals surface area contributed by atoms with Crippen molar-refractivity contribution < 1.29 is 14.3 Å². The lowest BCUT2D eigenvalue weighted by atomic mass is 9.87. The van der Waals surface area contributed by atoms with Gasteiger partial charge in [0.2, 0.25) is 5.91 Å². The average Bonchev–Trinajstić information content (AvgIpc) is 3.20. The van der Waals surface area contributed by atoms with Crippen LogP contribution in [-0.2, 0) is 21.4 Å². The first-order valence-electron chi connectivity index (χ1n) is 8.07. The summed E-state index contributed by atoms with van der Waals surface area (Å²) in [6, 6.07) is 0. The summed E-state index contributed by atoms with van der Waals surface area (Å²) in [6.07, 6.45) is 4.73. The second-order valence-corrected chi connectivity index (χ2v) is 6.09. The number of nitrogens with zero attached hydrogens (tertiary/aromatic N) is 2. The third-order valence-electron chi connectivity index (χ3n) is 4.85. The quantitative estimate of drug-likeness (QED) is 0.748. The molecule has 0 bridgehead atoms. The number of amides is 1. The topological polar surface area (TPSA) is 85.3 Å². The number of carbonyl (C=O) groups excluding carboxylic acids is 2. The summed E-state index contributed by atoms with van der Waals surface area (Å²) < 4.78 is 6.63. The van der Waals surface area contributed by atoms with Crippen LogP contribution in [0, 0.1) is 5.92 Å². The van der Waals surface area contributed by atoms with Crippen LogP contribution in [0.5, 0.6) is 0 Å². The molecular formula is C16H26N4O3. The number of aryl methyl sites for hydroxylation is 1. The van der Waals surface area contributed by atoms with E-state index in [1.54, 1.807) is 10.9 Å². The van der Waals surface area contributed by atoms with Crippen LogP contribution in [-0.4, -0.2) is 47.4 Å². The number of hydrogen-bond acceptors (Lipinski definition) is 5. The maximum atomic E-state index is 12.8. The Bertz CT molecular complexity index is 565. The molecule has 2 rings (SSSR count). The number of esters is 1. The van der Waals surface area contributed by atoms with Gasteiger partial charge < -0.3 is 15.4 Å². The summed E-state index contributed by atoms with van der Waals surface area (Å²) in [7, 11) is 3.21. The zero-order valence-corrected chi connectivity index (χ0v) is 14.3. The molecule has 1 aromatic heterocycles. The summed E-state index contributed by atoms with van der Waals surface area (Å²) in [5.74, 6) is -0.660. The number of ether oxygens (including phenoxy) is 1. The zero-order valence-electron chi connectivity index (χ0n) is 14.3. The van der Waals surface area contributed by atoms with Crippen molar-refractivity contribution >= 4 is 11.9 Å². The minimum atomic E-state index is -0.950. The van der Waals surface area contributed by atoms with Crippen molar-refractivity contribution in [1.29, 1.82) is 0 Å². The van der Waals surface area contributed by atoms with Gasteiger partial charge in [-0.15, -0.1) is 0 Å². The van der Waals surface area contributed by atoms with E-state index >= 15 is 0 Å². The predicted octanol–water partition coefficient (Wildman–Crippen LogP) is 0.571. The Morgan fingerprint density at radius 3 is 2.65 bits per heavy atom. The summed E-state index contributed by atoms with van der Waals surface area (Å²) in [5.41, 5.74) is 0.0859. The standard InChI is InChI=1S/C16H26N4O3/c1-5-16(6-2,15(22)23-4)19-14(21)13-9-17-8-12(13)11-7-18-20(3)10-11/h7,10,12-13,17H,5-6,8-9H2,1-4H3,(H,19,21)/t12-,13+/m1/s1. The minimum Gasteiger partial charge on any atom is -0.467 e. The van der Waals surface area contributed by atoms with Gasteiger partial charge in [-0.25, -0.2) is 4.79 Å². The summed E-state index contributed by atoms with van der Waals surface area (Å²) >= 11 is 0. The first kappa shape index (κ1) is 17.5. The van der Waals surface area contributed by atoms with Gasteiger partial charge in [-0.3, -0.25) is 9.48 Å². The molecule has 0 radical (unpaired) electrons. The summed E-state index contributed by atoms with van der Waals surface area (Å²) in [6.45, 7) is 5.09. The Hall–Kier alpha value is -1.89. The Morgan fingerprint density at radius 1 is 1.43 bits per heavy atom. The van der Waals surface area contributed by atoms with E-state index in [4.69, 9.17) is 4.74 Å². The molecule has 2 N–H and O–H groups in total. The molecule has 1 amide bonds. The lowest BCUT2D eigenvalue weighted by Crippen LogP contribution is -2.56. The van der Waals surface area contributed by atoms with E-state index in [1.165, 1.54) is 7.11 Å². The highest BCUT2D eigenvalue weighted by atomic mass is 16.5. The van der Waals surface area contributed by atoms with Gasteiger partial charge in [-0.2, -0.15) is 5.10 Å². The lowest BCUT2D eigenvalue weighted by molar-refractivity contribution is -0.152. The molecule has 7 nitrogen and oxygen atoms in total. The molecule has 0 aliphatic carbocycles. The number of carbonyl (C=O) groups is 2. The van der Waals surface area contributed by atoms with Crippen LogP contribution in [0.15, 0.2) is 12.4 Å². The third kappa shape index (κ3) is 3.39. The average molecular weight is 322 g/mol. The molecule has 0 saturated carbocycles. The highest BCUT2D eigenvalue weighted by Crippen LogP contribution is 2.29. The van der Waals surface area contributed by atoms with Crippen molar-refractivity contribution in [2.75, 3.05) is 20.2 Å². The molecule has 1 fully saturated rings. The molecule has 0 unspecified atom stereocenters. The van der Waals surface area contributed by atoms with Crippen LogP contribution >= 0.6 is 0 Å². The Labute approximate surface area is 136 Å². The monoisotopic (exact) mass is 322 g/mol. The molecule has 1 aliphatic heterocycles. The molecule has 7 heteroatoms. The van der Waals surface area contributed by atoms with E-state index in [-0.39, 0.29) is 23.7 Å². The van der Waals surface area contributed by atoms with E-state index in [0.29, 0.717) is 19.4 Å². The van der Waals surface area contributed by atoms with E-state index in [2.05, 4.69) is 15.7 Å². The highest BCUT2D eigenvalue weighted by molar-refractivity contribution is 5.89. The van der Waals surface area contributed by atoms with Gasteiger partial charge in [0, 0.05) is 32.3 Å². The fourth-order valence-electron chi connectivity index (χ4n) is 3.23. The molecule has 1 aliphatic rings. The Morgan fingerprint density at radius 2 is 2.13 bits per heavy atom. The molecule has 128 valence electrons. The van der Waals surface area contributed by atoms with Crippen LogP contribution in [0.2, 0.25) is 0 Å². The van der Waals surface area contributed by atoms with Crippen LogP contribution < -0.4 is 10.6 Å². The van der Waals surface area contributed by atoms with Crippen molar-refractivity contribution in [2.24, 2.45) is 13.0 Å². The van der Waals surface area contributed by atoms with Gasteiger partial charge in [0.15, 0.2) is 0 Å². The van der Waals surface area contributed by atoms with Crippen LogP contribution in [0.25, 0.3) is 0 Å². The van der Waals surface area contributed by atoms with E-state index in [0.717, 1.165) is 12.1 Å². The number of nitrogens with one attached hydrogen (secondary N) is 2. The second-order valence-electron chi connectivity index (χ2n) is 6.09. The van der Waals surface area contributed by atoms with Crippen molar-refractivity contribution in [2.45, 2.75) is 38.1 Å². The number of rotatable bonds is 6. The summed E-state index contributed by atoms with van der Waals surface area (Å²) in [4.78, 5) is 24.9. The lowest BCUT2D eigenvalue weighted by Gasteiger charge is -2.31. The molecular weight excluding hydrogens is 296 g/mol. The number of methoxy groups -OCH3 is 1.